The molecule has 9 nitrogen and oxygen atoms in total. The standard InChI is InChI=1S/C22H21ClFN7O2/c1-12-26-19-18(16-5-4-13(23)8-17(16)24)27-22(28-20(19)21(32)30(12)3)31-7-6-14(11-31)33-15-9-25-29(2)10-15/h4-5,8-10,14H,6-7,11H2,1-3H3/t14-/m0/s1. The lowest BCUT2D eigenvalue weighted by atomic mass is 10.1. The van der Waals surface area contributed by atoms with E-state index in [-0.39, 0.29) is 39.0 Å². The van der Waals surface area contributed by atoms with Gasteiger partial charge in [0.25, 0.3) is 5.56 Å². The van der Waals surface area contributed by atoms with Gasteiger partial charge in [0, 0.05) is 37.6 Å². The summed E-state index contributed by atoms with van der Waals surface area (Å²) in [5.41, 5.74) is 0.522. The van der Waals surface area contributed by atoms with Crippen molar-refractivity contribution in [3.05, 3.63) is 57.6 Å². The Kier molecular flexibility index (Phi) is 5.24. The number of nitrogens with zero attached hydrogens (tertiary/aromatic N) is 7. The molecule has 0 aliphatic carbocycles. The summed E-state index contributed by atoms with van der Waals surface area (Å²) in [6.45, 7) is 2.85. The van der Waals surface area contributed by atoms with Crippen LogP contribution >= 0.6 is 11.6 Å². The quantitative estimate of drug-likeness (QED) is 0.454. The van der Waals surface area contributed by atoms with Gasteiger partial charge in [-0.25, -0.2) is 19.3 Å². The normalized spacial score (nSPS) is 16.0. The van der Waals surface area contributed by atoms with Crippen LogP contribution in [0.15, 0.2) is 35.4 Å². The maximum absolute atomic E-state index is 14.9. The predicted molar refractivity (Wildman–Crippen MR) is 122 cm³/mol. The third-order valence-corrected chi connectivity index (χ3v) is 5.97. The molecule has 1 fully saturated rings. The van der Waals surface area contributed by atoms with Gasteiger partial charge in [-0.05, 0) is 25.1 Å². The summed E-state index contributed by atoms with van der Waals surface area (Å²) in [6.07, 6.45) is 4.11. The van der Waals surface area contributed by atoms with Gasteiger partial charge in [-0.2, -0.15) is 5.10 Å². The Morgan fingerprint density at radius 1 is 1.18 bits per heavy atom. The van der Waals surface area contributed by atoms with Crippen molar-refractivity contribution in [2.45, 2.75) is 19.4 Å². The van der Waals surface area contributed by atoms with E-state index in [1.54, 1.807) is 37.1 Å². The number of fused-ring (bicyclic) bond motifs is 1. The third-order valence-electron chi connectivity index (χ3n) is 5.74. The molecule has 0 N–H and O–H groups in total. The summed E-state index contributed by atoms with van der Waals surface area (Å²) in [4.78, 5) is 28.6. The molecule has 33 heavy (non-hydrogen) atoms. The lowest BCUT2D eigenvalue weighted by Crippen LogP contribution is -2.28. The van der Waals surface area contributed by atoms with Crippen molar-refractivity contribution in [2.75, 3.05) is 18.0 Å². The summed E-state index contributed by atoms with van der Waals surface area (Å²) in [6, 6.07) is 4.33. The van der Waals surface area contributed by atoms with Crippen molar-refractivity contribution in [3.8, 4) is 17.0 Å². The van der Waals surface area contributed by atoms with Crippen LogP contribution in [-0.2, 0) is 14.1 Å². The topological polar surface area (TPSA) is 91.0 Å². The molecule has 4 aromatic rings. The first-order chi connectivity index (χ1) is 15.8. The number of hydrogen-bond acceptors (Lipinski definition) is 7. The summed E-state index contributed by atoms with van der Waals surface area (Å²) < 4.78 is 24.0. The van der Waals surface area contributed by atoms with Gasteiger partial charge < -0.3 is 9.64 Å². The van der Waals surface area contributed by atoms with Crippen molar-refractivity contribution in [1.82, 2.24) is 29.3 Å². The number of rotatable bonds is 4. The Morgan fingerprint density at radius 2 is 2.00 bits per heavy atom. The molecule has 0 saturated carbocycles. The molecule has 1 aliphatic heterocycles. The number of benzene rings is 1. The van der Waals surface area contributed by atoms with E-state index in [0.717, 1.165) is 6.42 Å². The van der Waals surface area contributed by atoms with Crippen molar-refractivity contribution in [1.29, 1.82) is 0 Å². The molecule has 0 unspecified atom stereocenters. The first-order valence-electron chi connectivity index (χ1n) is 10.4. The Labute approximate surface area is 193 Å². The highest BCUT2D eigenvalue weighted by atomic mass is 35.5. The van der Waals surface area contributed by atoms with E-state index < -0.39 is 5.82 Å². The van der Waals surface area contributed by atoms with E-state index in [0.29, 0.717) is 30.6 Å². The first-order valence-corrected chi connectivity index (χ1v) is 10.8. The van der Waals surface area contributed by atoms with E-state index in [1.807, 2.05) is 11.9 Å². The van der Waals surface area contributed by atoms with Gasteiger partial charge in [0.1, 0.15) is 29.0 Å². The molecule has 0 amide bonds. The Balaban J connectivity index is 1.59. The molecule has 170 valence electrons. The monoisotopic (exact) mass is 469 g/mol. The van der Waals surface area contributed by atoms with Gasteiger partial charge in [0.15, 0.2) is 11.3 Å². The van der Waals surface area contributed by atoms with Crippen LogP contribution in [0.4, 0.5) is 10.3 Å². The second-order valence-corrected chi connectivity index (χ2v) is 8.48. The van der Waals surface area contributed by atoms with Crippen LogP contribution in [0.1, 0.15) is 12.2 Å². The van der Waals surface area contributed by atoms with Gasteiger partial charge in [0.2, 0.25) is 5.95 Å². The lowest BCUT2D eigenvalue weighted by Gasteiger charge is -2.19. The van der Waals surface area contributed by atoms with Crippen molar-refractivity contribution >= 4 is 28.6 Å². The second-order valence-electron chi connectivity index (χ2n) is 8.04. The zero-order valence-corrected chi connectivity index (χ0v) is 19.0. The average Bonchev–Trinajstić information content (AvgIpc) is 3.41. The molecule has 3 aromatic heterocycles. The number of hydrogen-bond donors (Lipinski definition) is 0. The number of aromatic nitrogens is 6. The van der Waals surface area contributed by atoms with Crippen molar-refractivity contribution in [3.63, 3.8) is 0 Å². The predicted octanol–water partition coefficient (Wildman–Crippen LogP) is 2.88. The molecule has 5 rings (SSSR count). The van der Waals surface area contributed by atoms with E-state index in [9.17, 15) is 9.18 Å². The largest absolute Gasteiger partial charge is 0.485 e. The first kappa shape index (κ1) is 21.3. The van der Waals surface area contributed by atoms with Crippen LogP contribution < -0.4 is 15.2 Å². The minimum absolute atomic E-state index is 0.0943. The molecule has 0 spiro atoms. The van der Waals surface area contributed by atoms with E-state index in [4.69, 9.17) is 16.3 Å². The smallest absolute Gasteiger partial charge is 0.279 e. The molecule has 11 heteroatoms. The van der Waals surface area contributed by atoms with Gasteiger partial charge in [-0.15, -0.1) is 0 Å². The molecule has 1 saturated heterocycles. The van der Waals surface area contributed by atoms with E-state index in [2.05, 4.69) is 20.1 Å². The molecular weight excluding hydrogens is 449 g/mol. The molecule has 0 bridgehead atoms. The Morgan fingerprint density at radius 3 is 2.73 bits per heavy atom. The van der Waals surface area contributed by atoms with Crippen LogP contribution in [0.25, 0.3) is 22.3 Å². The molecule has 4 heterocycles. The third kappa shape index (κ3) is 3.91. The second kappa shape index (κ2) is 8.11. The van der Waals surface area contributed by atoms with Gasteiger partial charge in [0.05, 0.1) is 18.9 Å². The van der Waals surface area contributed by atoms with Crippen LogP contribution in [0.5, 0.6) is 5.75 Å². The number of aryl methyl sites for hydroxylation is 2. The fourth-order valence-electron chi connectivity index (χ4n) is 3.91. The highest BCUT2D eigenvalue weighted by Gasteiger charge is 2.28. The van der Waals surface area contributed by atoms with Crippen LogP contribution in [0.2, 0.25) is 5.02 Å². The van der Waals surface area contributed by atoms with Gasteiger partial charge >= 0.3 is 0 Å². The SMILES string of the molecule is Cc1nc2c(-c3ccc(Cl)cc3F)nc(N3CC[C@H](Oc4cnn(C)c4)C3)nc2c(=O)n1C. The van der Waals surface area contributed by atoms with Gasteiger partial charge in [-0.3, -0.25) is 14.0 Å². The maximum Gasteiger partial charge on any atom is 0.279 e. The fraction of sp³-hybridized carbons (Fsp3) is 0.318. The van der Waals surface area contributed by atoms with Crippen LogP contribution in [-0.4, -0.2) is 48.5 Å². The highest BCUT2D eigenvalue weighted by Crippen LogP contribution is 2.31. The summed E-state index contributed by atoms with van der Waals surface area (Å²) in [7, 11) is 3.45. The van der Waals surface area contributed by atoms with Crippen molar-refractivity contribution < 1.29 is 9.13 Å². The molecule has 0 radical (unpaired) electrons. The van der Waals surface area contributed by atoms with Crippen LogP contribution in [0.3, 0.4) is 0 Å². The van der Waals surface area contributed by atoms with Crippen LogP contribution in [0, 0.1) is 12.7 Å². The molecule has 1 aromatic carbocycles. The number of ether oxygens (including phenoxy) is 1. The molecule has 1 aliphatic rings. The van der Waals surface area contributed by atoms with E-state index in [1.165, 1.54) is 16.7 Å². The zero-order valence-electron chi connectivity index (χ0n) is 18.3. The average molecular weight is 470 g/mol. The van der Waals surface area contributed by atoms with Gasteiger partial charge in [-0.1, -0.05) is 11.6 Å². The summed E-state index contributed by atoms with van der Waals surface area (Å²) in [5, 5.41) is 4.39. The maximum atomic E-state index is 14.9. The fourth-order valence-corrected chi connectivity index (χ4v) is 4.07. The number of halogens is 2. The zero-order chi connectivity index (χ0) is 23.3. The molecular formula is C22H21ClFN7O2. The summed E-state index contributed by atoms with van der Waals surface area (Å²) in [5.74, 6) is 0.937. The van der Waals surface area contributed by atoms with E-state index >= 15 is 0 Å². The Hall–Kier alpha value is -3.53. The minimum atomic E-state index is -0.548. The summed E-state index contributed by atoms with van der Waals surface area (Å²) >= 11 is 5.94. The molecule has 1 atom stereocenters. The number of anilines is 1. The minimum Gasteiger partial charge on any atom is -0.485 e. The lowest BCUT2D eigenvalue weighted by molar-refractivity contribution is 0.224. The van der Waals surface area contributed by atoms with Crippen molar-refractivity contribution in [2.24, 2.45) is 14.1 Å². The highest BCUT2D eigenvalue weighted by molar-refractivity contribution is 6.30. The Bertz CT molecular complexity index is 1430.